The molecule has 7 heteroatoms. The molecule has 2 aromatic carbocycles. The zero-order valence-electron chi connectivity index (χ0n) is 23.4. The van der Waals surface area contributed by atoms with E-state index in [4.69, 9.17) is 0 Å². The van der Waals surface area contributed by atoms with E-state index in [2.05, 4.69) is 9.80 Å². The van der Waals surface area contributed by atoms with Crippen LogP contribution < -0.4 is 0 Å². The number of rotatable bonds is 10. The Morgan fingerprint density at radius 1 is 0.925 bits per heavy atom. The summed E-state index contributed by atoms with van der Waals surface area (Å²) >= 11 is 0. The second-order valence-electron chi connectivity index (χ2n) is 12.4. The van der Waals surface area contributed by atoms with Crippen molar-refractivity contribution >= 4 is 5.97 Å². The van der Waals surface area contributed by atoms with Crippen LogP contribution in [-0.2, 0) is 11.2 Å². The molecule has 1 saturated carbocycles. The highest BCUT2D eigenvalue weighted by Gasteiger charge is 2.43. The number of halogens is 3. The SMILES string of the molecule is O=C(O)[C@@H](C1CCCCC1)N1CC(CN2CCC(CCCc3ccc(F)c(F)c3)CC2)[C@@H](c2cccc(F)c2)C1. The molecule has 5 rings (SSSR count). The average molecular weight is 557 g/mol. The van der Waals surface area contributed by atoms with Gasteiger partial charge in [-0.3, -0.25) is 9.69 Å². The molecule has 218 valence electrons. The summed E-state index contributed by atoms with van der Waals surface area (Å²) in [4.78, 5) is 17.2. The maximum atomic E-state index is 14.2. The fourth-order valence-corrected chi connectivity index (χ4v) is 7.62. The lowest BCUT2D eigenvalue weighted by molar-refractivity contribution is -0.145. The van der Waals surface area contributed by atoms with Crippen molar-refractivity contribution in [2.75, 3.05) is 32.7 Å². The number of benzene rings is 2. The smallest absolute Gasteiger partial charge is 0.321 e. The first-order valence-corrected chi connectivity index (χ1v) is 15.3. The normalized spacial score (nSPS) is 24.4. The molecule has 3 fully saturated rings. The highest BCUT2D eigenvalue weighted by molar-refractivity contribution is 5.74. The lowest BCUT2D eigenvalue weighted by Crippen LogP contribution is -2.46. The number of likely N-dealkylation sites (tertiary alicyclic amines) is 2. The van der Waals surface area contributed by atoms with Gasteiger partial charge in [0.15, 0.2) is 11.6 Å². The van der Waals surface area contributed by atoms with Crippen LogP contribution in [0.4, 0.5) is 13.2 Å². The number of nitrogens with zero attached hydrogens (tertiary/aromatic N) is 2. The number of aryl methyl sites for hydroxylation is 1. The minimum atomic E-state index is -0.798. The predicted octanol–water partition coefficient (Wildman–Crippen LogP) is 6.89. The fraction of sp³-hybridized carbons (Fsp3) is 0.606. The number of hydrogen-bond donors (Lipinski definition) is 1. The van der Waals surface area contributed by atoms with Gasteiger partial charge >= 0.3 is 5.97 Å². The van der Waals surface area contributed by atoms with Crippen LogP contribution in [0.5, 0.6) is 0 Å². The number of carbonyl (C=O) groups is 1. The Balaban J connectivity index is 1.18. The molecule has 2 aromatic rings. The van der Waals surface area contributed by atoms with Gasteiger partial charge < -0.3 is 10.0 Å². The lowest BCUT2D eigenvalue weighted by atomic mass is 9.83. The minimum absolute atomic E-state index is 0.120. The van der Waals surface area contributed by atoms with Crippen molar-refractivity contribution in [3.05, 3.63) is 71.0 Å². The summed E-state index contributed by atoms with van der Waals surface area (Å²) in [6.45, 7) is 4.32. The van der Waals surface area contributed by atoms with Crippen molar-refractivity contribution in [1.82, 2.24) is 9.80 Å². The molecule has 3 aliphatic rings. The molecule has 0 amide bonds. The van der Waals surface area contributed by atoms with E-state index in [0.29, 0.717) is 12.5 Å². The van der Waals surface area contributed by atoms with Gasteiger partial charge in [0, 0.05) is 25.6 Å². The van der Waals surface area contributed by atoms with Gasteiger partial charge in [-0.15, -0.1) is 0 Å². The Labute approximate surface area is 236 Å². The van der Waals surface area contributed by atoms with Crippen LogP contribution in [0.15, 0.2) is 42.5 Å². The van der Waals surface area contributed by atoms with Gasteiger partial charge in [0.2, 0.25) is 0 Å². The average Bonchev–Trinajstić information content (AvgIpc) is 3.35. The van der Waals surface area contributed by atoms with E-state index < -0.39 is 23.6 Å². The van der Waals surface area contributed by atoms with Gasteiger partial charge in [0.05, 0.1) is 0 Å². The quantitative estimate of drug-likeness (QED) is 0.346. The molecule has 1 N–H and O–H groups in total. The van der Waals surface area contributed by atoms with E-state index in [1.807, 2.05) is 6.07 Å². The van der Waals surface area contributed by atoms with Crippen LogP contribution in [0.25, 0.3) is 0 Å². The molecular formula is C33H43F3N2O2. The Morgan fingerprint density at radius 3 is 2.40 bits per heavy atom. The summed E-state index contributed by atoms with van der Waals surface area (Å²) in [5.74, 6) is -1.32. The molecule has 0 bridgehead atoms. The molecule has 1 aliphatic carbocycles. The number of aliphatic carboxylic acids is 1. The number of carboxylic acids is 1. The largest absolute Gasteiger partial charge is 0.480 e. The third kappa shape index (κ3) is 7.27. The zero-order chi connectivity index (χ0) is 28.1. The number of piperidine rings is 1. The summed E-state index contributed by atoms with van der Waals surface area (Å²) in [7, 11) is 0. The first kappa shape index (κ1) is 29.1. The van der Waals surface area contributed by atoms with Crippen molar-refractivity contribution in [3.8, 4) is 0 Å². The van der Waals surface area contributed by atoms with E-state index in [0.717, 1.165) is 95.1 Å². The molecule has 40 heavy (non-hydrogen) atoms. The molecule has 1 unspecified atom stereocenters. The van der Waals surface area contributed by atoms with Crippen LogP contribution in [0.3, 0.4) is 0 Å². The van der Waals surface area contributed by atoms with Gasteiger partial charge in [-0.1, -0.05) is 43.9 Å². The van der Waals surface area contributed by atoms with E-state index in [-0.39, 0.29) is 23.6 Å². The van der Waals surface area contributed by atoms with Crippen molar-refractivity contribution in [2.24, 2.45) is 17.8 Å². The molecule has 0 spiro atoms. The molecule has 3 atom stereocenters. The number of hydrogen-bond acceptors (Lipinski definition) is 3. The maximum absolute atomic E-state index is 14.2. The molecule has 2 saturated heterocycles. The lowest BCUT2D eigenvalue weighted by Gasteiger charge is -2.35. The van der Waals surface area contributed by atoms with Crippen molar-refractivity contribution in [2.45, 2.75) is 76.2 Å². The Hall–Kier alpha value is -2.38. The van der Waals surface area contributed by atoms with E-state index in [1.54, 1.807) is 18.2 Å². The summed E-state index contributed by atoms with van der Waals surface area (Å²) < 4.78 is 40.9. The van der Waals surface area contributed by atoms with Crippen LogP contribution >= 0.6 is 0 Å². The van der Waals surface area contributed by atoms with Crippen LogP contribution in [0, 0.1) is 35.2 Å². The van der Waals surface area contributed by atoms with E-state index in [1.165, 1.54) is 24.6 Å². The van der Waals surface area contributed by atoms with E-state index in [9.17, 15) is 23.1 Å². The summed E-state index contributed by atoms with van der Waals surface area (Å²) in [6.07, 6.45) is 10.4. The van der Waals surface area contributed by atoms with Crippen molar-refractivity contribution < 1.29 is 23.1 Å². The van der Waals surface area contributed by atoms with Crippen LogP contribution in [-0.4, -0.2) is 59.6 Å². The minimum Gasteiger partial charge on any atom is -0.480 e. The van der Waals surface area contributed by atoms with Gasteiger partial charge in [0.25, 0.3) is 0 Å². The Kier molecular flexibility index (Phi) is 9.84. The van der Waals surface area contributed by atoms with Crippen LogP contribution in [0.2, 0.25) is 0 Å². The first-order chi connectivity index (χ1) is 19.4. The second-order valence-corrected chi connectivity index (χ2v) is 12.4. The monoisotopic (exact) mass is 556 g/mol. The molecule has 0 aromatic heterocycles. The highest BCUT2D eigenvalue weighted by Crippen LogP contribution is 2.39. The van der Waals surface area contributed by atoms with Crippen LogP contribution in [0.1, 0.15) is 74.8 Å². The third-order valence-electron chi connectivity index (χ3n) is 9.75. The van der Waals surface area contributed by atoms with E-state index >= 15 is 0 Å². The predicted molar refractivity (Wildman–Crippen MR) is 151 cm³/mol. The zero-order valence-corrected chi connectivity index (χ0v) is 23.4. The summed E-state index contributed by atoms with van der Waals surface area (Å²) in [5, 5.41) is 10.2. The standard InChI is InChI=1S/C33H43F3N2O2/c34-28-11-5-10-26(19-28)29-22-38(32(33(39)40)25-8-2-1-3-9-25)21-27(29)20-37-16-14-23(15-17-37)6-4-7-24-12-13-30(35)31(36)18-24/h5,10-13,18-19,23,25,27,29,32H,1-4,6-9,14-17,20-22H2,(H,39,40)/t27?,29-,32-/m1/s1. The Bertz CT molecular complexity index is 1130. The second kappa shape index (κ2) is 13.5. The molecule has 4 nitrogen and oxygen atoms in total. The van der Waals surface area contributed by atoms with Gasteiger partial charge in [0.1, 0.15) is 11.9 Å². The molecular weight excluding hydrogens is 513 g/mol. The molecule has 0 radical (unpaired) electrons. The summed E-state index contributed by atoms with van der Waals surface area (Å²) in [5.41, 5.74) is 1.82. The maximum Gasteiger partial charge on any atom is 0.321 e. The highest BCUT2D eigenvalue weighted by atomic mass is 19.2. The van der Waals surface area contributed by atoms with Gasteiger partial charge in [-0.25, -0.2) is 13.2 Å². The summed E-state index contributed by atoms with van der Waals surface area (Å²) in [6, 6.07) is 10.6. The van der Waals surface area contributed by atoms with Gasteiger partial charge in [-0.2, -0.15) is 0 Å². The van der Waals surface area contributed by atoms with Crippen molar-refractivity contribution in [3.63, 3.8) is 0 Å². The molecule has 2 heterocycles. The van der Waals surface area contributed by atoms with Crippen molar-refractivity contribution in [1.29, 1.82) is 0 Å². The molecule has 2 aliphatic heterocycles. The van der Waals surface area contributed by atoms with Gasteiger partial charge in [-0.05, 0) is 105 Å². The first-order valence-electron chi connectivity index (χ1n) is 15.3. The Morgan fingerprint density at radius 2 is 1.70 bits per heavy atom. The fourth-order valence-electron chi connectivity index (χ4n) is 7.62. The topological polar surface area (TPSA) is 43.8 Å². The number of carboxylic acid groups (broad SMARTS) is 1. The third-order valence-corrected chi connectivity index (χ3v) is 9.75.